The van der Waals surface area contributed by atoms with E-state index in [4.69, 9.17) is 27.9 Å². The number of halogens is 2. The molecule has 2 N–H and O–H groups in total. The van der Waals surface area contributed by atoms with Crippen molar-refractivity contribution in [1.29, 1.82) is 0 Å². The summed E-state index contributed by atoms with van der Waals surface area (Å²) in [5, 5.41) is 8.69. The van der Waals surface area contributed by atoms with E-state index >= 15 is 0 Å². The maximum absolute atomic E-state index is 12.6. The van der Waals surface area contributed by atoms with E-state index < -0.39 is 17.8 Å². The van der Waals surface area contributed by atoms with Crippen molar-refractivity contribution in [2.75, 3.05) is 5.32 Å². The van der Waals surface area contributed by atoms with Crippen molar-refractivity contribution in [3.8, 4) is 5.75 Å². The van der Waals surface area contributed by atoms with Crippen LogP contribution in [-0.4, -0.2) is 24.0 Å². The molecule has 2 amide bonds. The van der Waals surface area contributed by atoms with Crippen LogP contribution in [0.5, 0.6) is 5.75 Å². The van der Waals surface area contributed by atoms with Gasteiger partial charge in [-0.2, -0.15) is 5.10 Å². The van der Waals surface area contributed by atoms with Gasteiger partial charge >= 0.3 is 17.8 Å². The third-order valence-corrected chi connectivity index (χ3v) is 5.48. The summed E-state index contributed by atoms with van der Waals surface area (Å²) in [6, 6.07) is 23.6. The summed E-state index contributed by atoms with van der Waals surface area (Å²) < 4.78 is 5.60. The Morgan fingerprint density at radius 2 is 1.51 bits per heavy atom. The highest BCUT2D eigenvalue weighted by molar-refractivity contribution is 6.41. The number of nitrogens with one attached hydrogen (secondary N) is 2. The van der Waals surface area contributed by atoms with Crippen LogP contribution < -0.4 is 15.5 Å². The van der Waals surface area contributed by atoms with Gasteiger partial charge < -0.3 is 10.1 Å². The van der Waals surface area contributed by atoms with E-state index in [-0.39, 0.29) is 5.75 Å². The molecule has 0 aromatic heterocycles. The Hall–Kier alpha value is -4.20. The lowest BCUT2D eigenvalue weighted by atomic mass is 10.0. The molecule has 0 saturated carbocycles. The van der Waals surface area contributed by atoms with E-state index in [2.05, 4.69) is 15.8 Å². The van der Waals surface area contributed by atoms with Crippen molar-refractivity contribution in [2.45, 2.75) is 0 Å². The minimum Gasteiger partial charge on any atom is -0.422 e. The molecule has 35 heavy (non-hydrogen) atoms. The molecular weight excluding hydrogens is 489 g/mol. The van der Waals surface area contributed by atoms with Crippen LogP contribution in [-0.2, 0) is 9.59 Å². The number of amides is 2. The molecule has 0 radical (unpaired) electrons. The molecule has 0 bridgehead atoms. The number of para-hydroxylation sites is 1. The summed E-state index contributed by atoms with van der Waals surface area (Å²) in [5.74, 6) is -2.31. The number of ether oxygens (including phenoxy) is 1. The monoisotopic (exact) mass is 505 g/mol. The number of rotatable bonds is 5. The maximum Gasteiger partial charge on any atom is 0.343 e. The molecule has 9 heteroatoms. The lowest BCUT2D eigenvalue weighted by molar-refractivity contribution is -0.136. The third kappa shape index (κ3) is 5.84. The second-order valence-electron chi connectivity index (χ2n) is 7.23. The van der Waals surface area contributed by atoms with E-state index in [1.54, 1.807) is 60.7 Å². The van der Waals surface area contributed by atoms with Gasteiger partial charge in [0.25, 0.3) is 0 Å². The number of esters is 1. The number of fused-ring (bicyclic) bond motifs is 1. The van der Waals surface area contributed by atoms with Crippen LogP contribution >= 0.6 is 23.2 Å². The molecule has 0 heterocycles. The van der Waals surface area contributed by atoms with Gasteiger partial charge in [0.05, 0.1) is 22.5 Å². The molecular formula is C26H17Cl2N3O4. The number of hydrazone groups is 1. The van der Waals surface area contributed by atoms with Gasteiger partial charge in [-0.3, -0.25) is 9.59 Å². The molecule has 4 rings (SSSR count). The molecule has 0 unspecified atom stereocenters. The van der Waals surface area contributed by atoms with Crippen LogP contribution in [0.25, 0.3) is 10.8 Å². The first-order chi connectivity index (χ1) is 16.9. The van der Waals surface area contributed by atoms with Gasteiger partial charge in [-0.05, 0) is 53.2 Å². The molecule has 0 atom stereocenters. The Kier molecular flexibility index (Phi) is 7.40. The second-order valence-corrected chi connectivity index (χ2v) is 8.07. The average molecular weight is 506 g/mol. The number of nitrogens with zero attached hydrogens (tertiary/aromatic N) is 1. The maximum atomic E-state index is 12.6. The van der Waals surface area contributed by atoms with Gasteiger partial charge in [-0.15, -0.1) is 0 Å². The minimum atomic E-state index is -0.999. The molecule has 0 aliphatic rings. The number of hydrogen-bond donors (Lipinski definition) is 2. The summed E-state index contributed by atoms with van der Waals surface area (Å²) in [7, 11) is 0. The molecule has 0 spiro atoms. The highest BCUT2D eigenvalue weighted by atomic mass is 35.5. The smallest absolute Gasteiger partial charge is 0.343 e. The first-order valence-electron chi connectivity index (χ1n) is 10.3. The van der Waals surface area contributed by atoms with Crippen LogP contribution in [0.4, 0.5) is 5.69 Å². The fourth-order valence-electron chi connectivity index (χ4n) is 3.19. The van der Waals surface area contributed by atoms with Crippen molar-refractivity contribution in [3.05, 3.63) is 106 Å². The summed E-state index contributed by atoms with van der Waals surface area (Å²) in [6.07, 6.45) is 1.31. The van der Waals surface area contributed by atoms with Gasteiger partial charge in [-0.25, -0.2) is 10.2 Å². The van der Waals surface area contributed by atoms with E-state index in [1.807, 2.05) is 24.3 Å². The molecule has 0 aliphatic heterocycles. The van der Waals surface area contributed by atoms with E-state index in [0.717, 1.165) is 10.8 Å². The van der Waals surface area contributed by atoms with Crippen molar-refractivity contribution >= 4 is 63.7 Å². The largest absolute Gasteiger partial charge is 0.422 e. The van der Waals surface area contributed by atoms with Gasteiger partial charge in [-0.1, -0.05) is 65.7 Å². The molecule has 0 aliphatic carbocycles. The summed E-state index contributed by atoms with van der Waals surface area (Å²) >= 11 is 11.9. The van der Waals surface area contributed by atoms with E-state index in [1.165, 1.54) is 6.21 Å². The SMILES string of the molecule is O=C(NN=Cc1c(OC(=O)c2ccc(Cl)cc2)ccc2ccccc12)C(=O)Nc1ccccc1Cl. The average Bonchev–Trinajstić information content (AvgIpc) is 2.86. The predicted molar refractivity (Wildman–Crippen MR) is 136 cm³/mol. The molecule has 0 fully saturated rings. The minimum absolute atomic E-state index is 0.224. The third-order valence-electron chi connectivity index (χ3n) is 4.90. The van der Waals surface area contributed by atoms with Crippen LogP contribution in [0.3, 0.4) is 0 Å². The molecule has 7 nitrogen and oxygen atoms in total. The molecule has 4 aromatic rings. The fourth-order valence-corrected chi connectivity index (χ4v) is 3.50. The number of carbonyl (C=O) groups excluding carboxylic acids is 3. The van der Waals surface area contributed by atoms with Crippen molar-refractivity contribution in [3.63, 3.8) is 0 Å². The standard InChI is InChI=1S/C26H17Cl2N3O4/c27-18-12-9-17(10-13-18)26(34)35-23-14-11-16-5-1-2-6-19(16)20(23)15-29-31-25(33)24(32)30-22-8-4-3-7-21(22)28/h1-15H,(H,30,32)(H,31,33). The van der Waals surface area contributed by atoms with Crippen LogP contribution in [0.2, 0.25) is 10.0 Å². The Morgan fingerprint density at radius 3 is 2.29 bits per heavy atom. The van der Waals surface area contributed by atoms with Crippen LogP contribution in [0, 0.1) is 0 Å². The molecule has 174 valence electrons. The zero-order valence-corrected chi connectivity index (χ0v) is 19.5. The Morgan fingerprint density at radius 1 is 0.800 bits per heavy atom. The fraction of sp³-hybridized carbons (Fsp3) is 0. The summed E-state index contributed by atoms with van der Waals surface area (Å²) in [4.78, 5) is 37.0. The van der Waals surface area contributed by atoms with Crippen LogP contribution in [0.1, 0.15) is 15.9 Å². The van der Waals surface area contributed by atoms with Gasteiger partial charge in [0, 0.05) is 10.6 Å². The van der Waals surface area contributed by atoms with Gasteiger partial charge in [0.1, 0.15) is 5.75 Å². The zero-order valence-electron chi connectivity index (χ0n) is 18.0. The Labute approximate surface area is 210 Å². The van der Waals surface area contributed by atoms with Gasteiger partial charge in [0.2, 0.25) is 0 Å². The predicted octanol–water partition coefficient (Wildman–Crippen LogP) is 5.45. The zero-order chi connectivity index (χ0) is 24.8. The lowest BCUT2D eigenvalue weighted by Crippen LogP contribution is -2.32. The summed E-state index contributed by atoms with van der Waals surface area (Å²) in [6.45, 7) is 0. The molecule has 4 aromatic carbocycles. The van der Waals surface area contributed by atoms with E-state index in [0.29, 0.717) is 26.9 Å². The number of carbonyl (C=O) groups is 3. The van der Waals surface area contributed by atoms with Crippen molar-refractivity contribution in [1.82, 2.24) is 5.43 Å². The first kappa shape index (κ1) is 23.9. The normalized spacial score (nSPS) is 10.8. The quantitative estimate of drug-likeness (QED) is 0.124. The molecule has 0 saturated heterocycles. The summed E-state index contributed by atoms with van der Waals surface area (Å²) in [5.41, 5.74) is 3.23. The topological polar surface area (TPSA) is 96.9 Å². The lowest BCUT2D eigenvalue weighted by Gasteiger charge is -2.11. The van der Waals surface area contributed by atoms with Crippen LogP contribution in [0.15, 0.2) is 90.0 Å². The van der Waals surface area contributed by atoms with E-state index in [9.17, 15) is 14.4 Å². The van der Waals surface area contributed by atoms with Crippen molar-refractivity contribution < 1.29 is 19.1 Å². The number of anilines is 1. The van der Waals surface area contributed by atoms with Gasteiger partial charge in [0.15, 0.2) is 0 Å². The highest BCUT2D eigenvalue weighted by Gasteiger charge is 2.16. The first-order valence-corrected chi connectivity index (χ1v) is 11.1. The number of benzene rings is 4. The Bertz CT molecular complexity index is 1450. The Balaban J connectivity index is 1.54. The van der Waals surface area contributed by atoms with Crippen molar-refractivity contribution in [2.24, 2.45) is 5.10 Å². The highest BCUT2D eigenvalue weighted by Crippen LogP contribution is 2.27. The second kappa shape index (κ2) is 10.8. The number of hydrogen-bond acceptors (Lipinski definition) is 5.